The van der Waals surface area contributed by atoms with Gasteiger partial charge in [0.05, 0.1) is 29.9 Å². The maximum Gasteiger partial charge on any atom is 0.418 e. The number of carbonyl (C=O) groups is 1. The van der Waals surface area contributed by atoms with E-state index in [1.807, 2.05) is 0 Å². The number of benzene rings is 2. The molecule has 24 heavy (non-hydrogen) atoms. The minimum Gasteiger partial charge on any atom is -0.495 e. The van der Waals surface area contributed by atoms with E-state index in [0.717, 1.165) is 6.07 Å². The van der Waals surface area contributed by atoms with E-state index in [-0.39, 0.29) is 12.2 Å². The summed E-state index contributed by atoms with van der Waals surface area (Å²) in [6, 6.07) is 9.59. The summed E-state index contributed by atoms with van der Waals surface area (Å²) < 4.78 is 43.6. The third-order valence-corrected chi connectivity index (χ3v) is 3.41. The van der Waals surface area contributed by atoms with E-state index in [9.17, 15) is 18.0 Å². The maximum atomic E-state index is 12.9. The number of amides is 1. The predicted octanol–water partition coefficient (Wildman–Crippen LogP) is 4.42. The first kappa shape index (κ1) is 17.9. The lowest BCUT2D eigenvalue weighted by molar-refractivity contribution is -0.137. The standard InChI is InChI=1S/C16H14ClF3N2O2/c1-24-14-7-6-10(8-12(14)17)21-9-15(23)22-13-5-3-2-4-11(13)16(18,19)20/h2-8,21H,9H2,1H3,(H,22,23). The first-order valence-corrected chi connectivity index (χ1v) is 7.22. The van der Waals surface area contributed by atoms with Gasteiger partial charge in [-0.05, 0) is 30.3 Å². The molecule has 0 fully saturated rings. The first-order valence-electron chi connectivity index (χ1n) is 6.84. The number of alkyl halides is 3. The van der Waals surface area contributed by atoms with Gasteiger partial charge in [-0.15, -0.1) is 0 Å². The second-order valence-electron chi connectivity index (χ2n) is 4.79. The zero-order chi connectivity index (χ0) is 17.7. The smallest absolute Gasteiger partial charge is 0.418 e. The van der Waals surface area contributed by atoms with E-state index in [4.69, 9.17) is 16.3 Å². The number of carbonyl (C=O) groups excluding carboxylic acids is 1. The molecular formula is C16H14ClF3N2O2. The van der Waals surface area contributed by atoms with Crippen LogP contribution in [0.5, 0.6) is 5.75 Å². The van der Waals surface area contributed by atoms with E-state index < -0.39 is 17.6 Å². The lowest BCUT2D eigenvalue weighted by Crippen LogP contribution is -2.23. The van der Waals surface area contributed by atoms with Crippen molar-refractivity contribution in [2.24, 2.45) is 0 Å². The Kier molecular flexibility index (Phi) is 5.56. The van der Waals surface area contributed by atoms with Crippen molar-refractivity contribution in [3.8, 4) is 5.75 Å². The molecule has 2 N–H and O–H groups in total. The van der Waals surface area contributed by atoms with Crippen molar-refractivity contribution in [1.82, 2.24) is 0 Å². The van der Waals surface area contributed by atoms with Crippen molar-refractivity contribution in [1.29, 1.82) is 0 Å². The molecule has 2 aromatic carbocycles. The molecule has 2 rings (SSSR count). The molecule has 0 spiro atoms. The Bertz CT molecular complexity index is 736. The van der Waals surface area contributed by atoms with E-state index in [1.54, 1.807) is 18.2 Å². The van der Waals surface area contributed by atoms with Crippen LogP contribution in [-0.4, -0.2) is 19.6 Å². The molecule has 0 heterocycles. The molecule has 0 aliphatic heterocycles. The Morgan fingerprint density at radius 3 is 2.54 bits per heavy atom. The lowest BCUT2D eigenvalue weighted by atomic mass is 10.1. The topological polar surface area (TPSA) is 50.4 Å². The van der Waals surface area contributed by atoms with Crippen LogP contribution >= 0.6 is 11.6 Å². The largest absolute Gasteiger partial charge is 0.495 e. The second kappa shape index (κ2) is 7.44. The molecule has 1 amide bonds. The number of hydrogen-bond acceptors (Lipinski definition) is 3. The summed E-state index contributed by atoms with van der Waals surface area (Å²) in [5.41, 5.74) is -0.643. The van der Waals surface area contributed by atoms with Crippen LogP contribution in [0.4, 0.5) is 24.5 Å². The van der Waals surface area contributed by atoms with E-state index in [1.165, 1.54) is 25.3 Å². The van der Waals surface area contributed by atoms with Crippen LogP contribution in [0.15, 0.2) is 42.5 Å². The number of halogens is 4. The zero-order valence-electron chi connectivity index (χ0n) is 12.6. The quantitative estimate of drug-likeness (QED) is 0.832. The molecule has 4 nitrogen and oxygen atoms in total. The maximum absolute atomic E-state index is 12.9. The molecule has 0 aliphatic rings. The monoisotopic (exact) mass is 358 g/mol. The molecule has 8 heteroatoms. The fourth-order valence-electron chi connectivity index (χ4n) is 1.99. The van der Waals surface area contributed by atoms with Crippen molar-refractivity contribution in [3.05, 3.63) is 53.1 Å². The summed E-state index contributed by atoms with van der Waals surface area (Å²) in [5, 5.41) is 5.38. The number of ether oxygens (including phenoxy) is 1. The molecule has 0 aliphatic carbocycles. The fraction of sp³-hybridized carbons (Fsp3) is 0.188. The highest BCUT2D eigenvalue weighted by Crippen LogP contribution is 2.34. The van der Waals surface area contributed by atoms with Crippen molar-refractivity contribution in [2.45, 2.75) is 6.18 Å². The van der Waals surface area contributed by atoms with Crippen LogP contribution < -0.4 is 15.4 Å². The Hall–Kier alpha value is -2.41. The van der Waals surface area contributed by atoms with Gasteiger partial charge in [0, 0.05) is 5.69 Å². The van der Waals surface area contributed by atoms with Crippen LogP contribution in [0.1, 0.15) is 5.56 Å². The molecule has 0 radical (unpaired) electrons. The average Bonchev–Trinajstić information content (AvgIpc) is 2.52. The lowest BCUT2D eigenvalue weighted by Gasteiger charge is -2.14. The van der Waals surface area contributed by atoms with E-state index >= 15 is 0 Å². The number of methoxy groups -OCH3 is 1. The summed E-state index contributed by atoms with van der Waals surface area (Å²) in [6.07, 6.45) is -4.54. The molecule has 0 saturated heterocycles. The van der Waals surface area contributed by atoms with E-state index in [0.29, 0.717) is 16.5 Å². The minimum absolute atomic E-state index is 0.213. The van der Waals surface area contributed by atoms with Crippen LogP contribution in [0.25, 0.3) is 0 Å². The van der Waals surface area contributed by atoms with Crippen LogP contribution in [0.3, 0.4) is 0 Å². The zero-order valence-corrected chi connectivity index (χ0v) is 13.3. The van der Waals surface area contributed by atoms with E-state index in [2.05, 4.69) is 10.6 Å². The van der Waals surface area contributed by atoms with Gasteiger partial charge >= 0.3 is 6.18 Å². The summed E-state index contributed by atoms with van der Waals surface area (Å²) in [4.78, 5) is 11.9. The molecule has 128 valence electrons. The summed E-state index contributed by atoms with van der Waals surface area (Å²) in [5.74, 6) is -0.135. The minimum atomic E-state index is -4.54. The van der Waals surface area contributed by atoms with Gasteiger partial charge in [0.25, 0.3) is 0 Å². The number of nitrogens with one attached hydrogen (secondary N) is 2. The third kappa shape index (κ3) is 4.55. The highest BCUT2D eigenvalue weighted by Gasteiger charge is 2.33. The van der Waals surface area contributed by atoms with Crippen molar-refractivity contribution in [3.63, 3.8) is 0 Å². The van der Waals surface area contributed by atoms with Gasteiger partial charge in [0.2, 0.25) is 5.91 Å². The highest BCUT2D eigenvalue weighted by atomic mass is 35.5. The normalized spacial score (nSPS) is 11.0. The molecule has 0 aromatic heterocycles. The van der Waals surface area contributed by atoms with Gasteiger partial charge in [0.15, 0.2) is 0 Å². The fourth-order valence-corrected chi connectivity index (χ4v) is 2.25. The molecule has 2 aromatic rings. The van der Waals surface area contributed by atoms with Crippen molar-refractivity contribution in [2.75, 3.05) is 24.3 Å². The highest BCUT2D eigenvalue weighted by molar-refractivity contribution is 6.32. The average molecular weight is 359 g/mol. The first-order chi connectivity index (χ1) is 11.3. The Morgan fingerprint density at radius 2 is 1.92 bits per heavy atom. The SMILES string of the molecule is COc1ccc(NCC(=O)Nc2ccccc2C(F)(F)F)cc1Cl. The summed E-state index contributed by atoms with van der Waals surface area (Å²) in [7, 11) is 1.47. The third-order valence-electron chi connectivity index (χ3n) is 3.11. The number of rotatable bonds is 5. The van der Waals surface area contributed by atoms with Crippen LogP contribution in [0.2, 0.25) is 5.02 Å². The predicted molar refractivity (Wildman–Crippen MR) is 86.6 cm³/mol. The second-order valence-corrected chi connectivity index (χ2v) is 5.20. The van der Waals surface area contributed by atoms with Crippen LogP contribution in [-0.2, 0) is 11.0 Å². The van der Waals surface area contributed by atoms with Gasteiger partial charge in [-0.1, -0.05) is 23.7 Å². The number of anilines is 2. The van der Waals surface area contributed by atoms with Crippen molar-refractivity contribution >= 4 is 28.9 Å². The molecule has 0 atom stereocenters. The van der Waals surface area contributed by atoms with Crippen molar-refractivity contribution < 1.29 is 22.7 Å². The summed E-state index contributed by atoms with van der Waals surface area (Å²) in [6.45, 7) is -0.213. The Balaban J connectivity index is 2.01. The molecule has 0 saturated carbocycles. The number of hydrogen-bond donors (Lipinski definition) is 2. The Labute approximate surface area is 141 Å². The molecule has 0 unspecified atom stereocenters. The van der Waals surface area contributed by atoms with Gasteiger partial charge < -0.3 is 15.4 Å². The summed E-state index contributed by atoms with van der Waals surface area (Å²) >= 11 is 5.96. The number of para-hydroxylation sites is 1. The Morgan fingerprint density at radius 1 is 1.21 bits per heavy atom. The van der Waals surface area contributed by atoms with Gasteiger partial charge in [-0.2, -0.15) is 13.2 Å². The van der Waals surface area contributed by atoms with Gasteiger partial charge in [-0.25, -0.2) is 0 Å². The van der Waals surface area contributed by atoms with Gasteiger partial charge in [-0.3, -0.25) is 4.79 Å². The van der Waals surface area contributed by atoms with Gasteiger partial charge in [0.1, 0.15) is 5.75 Å². The molecular weight excluding hydrogens is 345 g/mol. The van der Waals surface area contributed by atoms with Crippen LogP contribution in [0, 0.1) is 0 Å². The molecule has 0 bridgehead atoms.